The zero-order chi connectivity index (χ0) is 23.9. The first-order valence-corrected chi connectivity index (χ1v) is 12.8. The number of aliphatic hydroxyl groups excluding tert-OH is 2. The van der Waals surface area contributed by atoms with E-state index in [1.807, 2.05) is 6.92 Å². The molecule has 4 aliphatic rings. The highest BCUT2D eigenvalue weighted by Gasteiger charge is 2.68. The first-order valence-electron chi connectivity index (χ1n) is 11.2. The maximum absolute atomic E-state index is 13.0. The van der Waals surface area contributed by atoms with Crippen molar-refractivity contribution in [3.8, 4) is 0 Å². The van der Waals surface area contributed by atoms with Gasteiger partial charge in [0.1, 0.15) is 18.0 Å². The van der Waals surface area contributed by atoms with Gasteiger partial charge in [0.25, 0.3) is 0 Å². The van der Waals surface area contributed by atoms with Crippen LogP contribution in [-0.2, 0) is 18.7 Å². The van der Waals surface area contributed by atoms with Crippen LogP contribution in [0, 0.1) is 28.6 Å². The van der Waals surface area contributed by atoms with Gasteiger partial charge in [0.2, 0.25) is 0 Å². The highest BCUT2D eigenvalue weighted by atomic mass is 31.2. The molecule has 9 nitrogen and oxygen atoms in total. The number of ketones is 2. The van der Waals surface area contributed by atoms with E-state index in [-0.39, 0.29) is 30.5 Å². The van der Waals surface area contributed by atoms with E-state index in [0.29, 0.717) is 25.7 Å². The Kier molecular flexibility index (Phi) is 5.70. The van der Waals surface area contributed by atoms with Gasteiger partial charge in [-0.25, -0.2) is 4.57 Å². The van der Waals surface area contributed by atoms with Crippen LogP contribution in [0.1, 0.15) is 59.3 Å². The zero-order valence-electron chi connectivity index (χ0n) is 18.7. The van der Waals surface area contributed by atoms with Crippen LogP contribution in [-0.4, -0.2) is 61.1 Å². The molecule has 0 aliphatic heterocycles. The zero-order valence-corrected chi connectivity index (χ0v) is 19.5. The van der Waals surface area contributed by atoms with Gasteiger partial charge in [0.15, 0.2) is 5.78 Å². The van der Waals surface area contributed by atoms with E-state index < -0.39 is 54.8 Å². The number of phosphoric acid groups is 1. The lowest BCUT2D eigenvalue weighted by atomic mass is 9.49. The minimum atomic E-state index is -4.89. The van der Waals surface area contributed by atoms with Crippen molar-refractivity contribution in [2.45, 2.75) is 77.1 Å². The van der Waals surface area contributed by atoms with E-state index in [9.17, 15) is 29.5 Å². The summed E-state index contributed by atoms with van der Waals surface area (Å²) in [6.07, 6.45) is 0.359. The Bertz CT molecular complexity index is 924. The highest BCUT2D eigenvalue weighted by Crippen LogP contribution is 2.67. The van der Waals surface area contributed by atoms with E-state index >= 15 is 0 Å². The Morgan fingerprint density at radius 3 is 2.50 bits per heavy atom. The van der Waals surface area contributed by atoms with Crippen molar-refractivity contribution < 1.29 is 43.8 Å². The van der Waals surface area contributed by atoms with Gasteiger partial charge >= 0.3 is 7.82 Å². The molecule has 0 amide bonds. The number of hydrogen-bond donors (Lipinski definition) is 5. The molecule has 0 bridgehead atoms. The third-order valence-corrected chi connectivity index (χ3v) is 9.69. The van der Waals surface area contributed by atoms with Crippen LogP contribution < -0.4 is 0 Å². The lowest BCUT2D eigenvalue weighted by Gasteiger charge is -2.57. The van der Waals surface area contributed by atoms with Gasteiger partial charge in [-0.3, -0.25) is 14.1 Å². The molecule has 32 heavy (non-hydrogen) atoms. The summed E-state index contributed by atoms with van der Waals surface area (Å²) in [7, 11) is -4.89. The topological polar surface area (TPSA) is 162 Å². The lowest BCUT2D eigenvalue weighted by Crippen LogP contribution is -2.60. The number of carbonyl (C=O) groups excluding carboxylic acids is 2. The largest absolute Gasteiger partial charge is 0.470 e. The molecule has 0 aromatic heterocycles. The summed E-state index contributed by atoms with van der Waals surface area (Å²) in [4.78, 5) is 43.1. The third-order valence-electron chi connectivity index (χ3n) is 9.23. The summed E-state index contributed by atoms with van der Waals surface area (Å²) in [5, 5.41) is 33.9. The van der Waals surface area contributed by atoms with Gasteiger partial charge in [-0.2, -0.15) is 0 Å². The number of carbonyl (C=O) groups is 2. The summed E-state index contributed by atoms with van der Waals surface area (Å²) in [6, 6.07) is 0. The van der Waals surface area contributed by atoms with Gasteiger partial charge in [-0.15, -0.1) is 0 Å². The summed E-state index contributed by atoms with van der Waals surface area (Å²) < 4.78 is 15.5. The van der Waals surface area contributed by atoms with E-state index in [1.54, 1.807) is 13.8 Å². The normalized spacial score (nSPS) is 46.5. The lowest BCUT2D eigenvalue weighted by molar-refractivity contribution is -0.164. The molecule has 0 aromatic carbocycles. The Balaban J connectivity index is 1.75. The molecule has 0 spiro atoms. The molecule has 2 fully saturated rings. The Morgan fingerprint density at radius 1 is 1.22 bits per heavy atom. The van der Waals surface area contributed by atoms with Crippen LogP contribution in [0.4, 0.5) is 0 Å². The number of fused-ring (bicyclic) bond motifs is 4. The number of rotatable bonds is 4. The monoisotopic (exact) mass is 472 g/mol. The van der Waals surface area contributed by atoms with Crippen LogP contribution in [0.5, 0.6) is 0 Å². The Hall–Kier alpha value is -0.930. The van der Waals surface area contributed by atoms with Crippen molar-refractivity contribution in [3.63, 3.8) is 0 Å². The first-order chi connectivity index (χ1) is 14.7. The van der Waals surface area contributed by atoms with Crippen molar-refractivity contribution >= 4 is 19.4 Å². The number of hydrogen-bond acceptors (Lipinski definition) is 7. The number of phosphoric ester groups is 1. The van der Waals surface area contributed by atoms with E-state index in [2.05, 4.69) is 4.52 Å². The van der Waals surface area contributed by atoms with Gasteiger partial charge < -0.3 is 25.1 Å². The maximum atomic E-state index is 13.0. The summed E-state index contributed by atoms with van der Waals surface area (Å²) in [5.41, 5.74) is -2.01. The number of Topliss-reactive ketones (excluding diaryl/α,β-unsaturated/α-hetero) is 2. The fourth-order valence-corrected chi connectivity index (χ4v) is 7.89. The third kappa shape index (κ3) is 3.24. The van der Waals surface area contributed by atoms with Crippen LogP contribution in [0.25, 0.3) is 0 Å². The maximum Gasteiger partial charge on any atom is 0.470 e. The van der Waals surface area contributed by atoms with Crippen molar-refractivity contribution in [1.82, 2.24) is 0 Å². The average molecular weight is 472 g/mol. The second-order valence-electron chi connectivity index (χ2n) is 10.7. The number of allylic oxidation sites excluding steroid dienone is 1. The van der Waals surface area contributed by atoms with Crippen molar-refractivity contribution in [2.75, 3.05) is 6.61 Å². The minimum absolute atomic E-state index is 0.0266. The average Bonchev–Trinajstić information content (AvgIpc) is 2.87. The molecular formula is C22H33O9P. The van der Waals surface area contributed by atoms with Crippen molar-refractivity contribution in [3.05, 3.63) is 11.1 Å². The predicted molar refractivity (Wildman–Crippen MR) is 112 cm³/mol. The molecule has 2 saturated carbocycles. The summed E-state index contributed by atoms with van der Waals surface area (Å²) in [5.74, 6) is -1.60. The van der Waals surface area contributed by atoms with Crippen LogP contribution >= 0.6 is 7.82 Å². The molecule has 0 heterocycles. The molecule has 4 rings (SSSR count). The molecule has 0 saturated heterocycles. The smallest absolute Gasteiger partial charge is 0.392 e. The van der Waals surface area contributed by atoms with E-state index in [0.717, 1.165) is 11.1 Å². The molecule has 10 heteroatoms. The summed E-state index contributed by atoms with van der Waals surface area (Å²) >= 11 is 0. The quantitative estimate of drug-likeness (QED) is 0.300. The van der Waals surface area contributed by atoms with Crippen LogP contribution in [0.3, 0.4) is 0 Å². The number of aliphatic hydroxyl groups is 3. The molecule has 1 unspecified atom stereocenters. The first kappa shape index (κ1) is 24.2. The van der Waals surface area contributed by atoms with Crippen LogP contribution in [0.2, 0.25) is 0 Å². The minimum Gasteiger partial charge on any atom is -0.392 e. The van der Waals surface area contributed by atoms with Crippen molar-refractivity contribution in [2.24, 2.45) is 28.6 Å². The van der Waals surface area contributed by atoms with Crippen LogP contribution in [0.15, 0.2) is 11.1 Å². The summed E-state index contributed by atoms with van der Waals surface area (Å²) in [6.45, 7) is 4.47. The van der Waals surface area contributed by atoms with Crippen molar-refractivity contribution in [1.29, 1.82) is 0 Å². The van der Waals surface area contributed by atoms with E-state index in [1.165, 1.54) is 0 Å². The molecule has 5 N–H and O–H groups in total. The van der Waals surface area contributed by atoms with Gasteiger partial charge in [-0.05, 0) is 49.0 Å². The molecule has 0 aromatic rings. The molecule has 180 valence electrons. The van der Waals surface area contributed by atoms with Gasteiger partial charge in [0, 0.05) is 23.7 Å². The molecular weight excluding hydrogens is 439 g/mol. The predicted octanol–water partition coefficient (Wildman–Crippen LogP) is 1.26. The molecule has 0 radical (unpaired) electrons. The molecule has 8 atom stereocenters. The standard InChI is InChI=1S/C22H33O9P/c1-11-6-15-14-5-4-12-7-13(23)8-17(25)21(12,3)19(14)16(24)9-20(15,2)22(11,27)18(26)10-31-32(28,29)30/h11-12,15-17,24-25,27H,4-10H2,1-3H3,(H2,28,29,30)/t11-,12?,15-,16-,17+,20-,21+,22-/m0/s1. The SMILES string of the molecule is C[C@H]1C[C@H]2C3=C([C@@H](O)C[C@]2(C)[C@@]1(O)C(=O)COP(=O)(O)O)[C@]1(C)C(CC3)CC(=O)C[C@H]1O. The fraction of sp³-hybridized carbons (Fsp3) is 0.818. The van der Waals surface area contributed by atoms with Gasteiger partial charge in [0.05, 0.1) is 12.2 Å². The van der Waals surface area contributed by atoms with Gasteiger partial charge in [-0.1, -0.05) is 26.3 Å². The second kappa shape index (κ2) is 7.54. The highest BCUT2D eigenvalue weighted by molar-refractivity contribution is 7.46. The van der Waals surface area contributed by atoms with E-state index in [4.69, 9.17) is 9.79 Å². The fourth-order valence-electron chi connectivity index (χ4n) is 7.60. The molecule has 4 aliphatic carbocycles. The Labute approximate surface area is 187 Å². The Morgan fingerprint density at radius 2 is 1.88 bits per heavy atom. The second-order valence-corrected chi connectivity index (χ2v) is 11.9.